The van der Waals surface area contributed by atoms with Crippen molar-refractivity contribution in [3.05, 3.63) is 0 Å². The Hall–Kier alpha value is 1.07. The fourth-order valence-electron chi connectivity index (χ4n) is 0.257. The monoisotopic (exact) mass is 142 g/mol. The molecule has 0 saturated carbocycles. The Kier molecular flexibility index (Phi) is 9.14. The van der Waals surface area contributed by atoms with E-state index >= 15 is 0 Å². The van der Waals surface area contributed by atoms with Gasteiger partial charge >= 0.3 is 5.97 Å². The summed E-state index contributed by atoms with van der Waals surface area (Å²) in [4.78, 5) is 14.4. The van der Waals surface area contributed by atoms with E-state index in [0.29, 0.717) is 0 Å². The number of rotatable bonds is 1. The Balaban J connectivity index is 0. The van der Waals surface area contributed by atoms with Gasteiger partial charge in [0.25, 0.3) is 0 Å². The topological polar surface area (TPSA) is 29.5 Å². The van der Waals surface area contributed by atoms with Gasteiger partial charge in [-0.25, -0.2) is 0 Å². The van der Waals surface area contributed by atoms with E-state index in [-0.39, 0.29) is 57.4 Å². The molecule has 8 heavy (non-hydrogen) atoms. The van der Waals surface area contributed by atoms with E-state index in [1.807, 2.05) is 0 Å². The Morgan fingerprint density at radius 2 is 1.88 bits per heavy atom. The fraction of sp³-hybridized carbons (Fsp3) is 0.750. The predicted octanol–water partition coefficient (Wildman–Crippen LogP) is -0.355. The van der Waals surface area contributed by atoms with Gasteiger partial charge in [-0.2, -0.15) is 0 Å². The van der Waals surface area contributed by atoms with E-state index in [0.717, 1.165) is 0 Å². The molecule has 0 spiro atoms. The minimum absolute atomic E-state index is 0. The second-order valence-corrected chi connectivity index (χ2v) is 1.40. The Labute approximate surface area is 91.7 Å². The molecule has 3 nitrogen and oxygen atoms in total. The van der Waals surface area contributed by atoms with Crippen LogP contribution < -0.4 is 0 Å². The van der Waals surface area contributed by atoms with Crippen LogP contribution in [0.5, 0.6) is 0 Å². The van der Waals surface area contributed by atoms with Crippen molar-refractivity contribution in [3.63, 3.8) is 0 Å². The van der Waals surface area contributed by atoms with Crippen molar-refractivity contribution in [3.8, 4) is 0 Å². The molecule has 0 aliphatic carbocycles. The maximum atomic E-state index is 9.99. The minimum atomic E-state index is -0.287. The summed E-state index contributed by atoms with van der Waals surface area (Å²) in [6.45, 7) is 1.36. The molecule has 0 heterocycles. The Bertz CT molecular complexity index is 74.4. The molecule has 0 atom stereocenters. The summed E-state index contributed by atoms with van der Waals surface area (Å²) in [5, 5.41) is 1.35. The smallest absolute Gasteiger partial charge is 0.321 e. The maximum Gasteiger partial charge on any atom is 0.321 e. The van der Waals surface area contributed by atoms with Crippen LogP contribution in [0.2, 0.25) is 0 Å². The van der Waals surface area contributed by atoms with Crippen LogP contribution in [0.15, 0.2) is 0 Å². The van der Waals surface area contributed by atoms with Gasteiger partial charge in [0, 0.05) is 72.4 Å². The van der Waals surface area contributed by atoms with Crippen LogP contribution in [0.3, 0.4) is 0 Å². The second-order valence-electron chi connectivity index (χ2n) is 1.40. The van der Waals surface area contributed by atoms with Crippen LogP contribution in [-0.2, 0) is 9.63 Å². The van der Waals surface area contributed by atoms with Crippen molar-refractivity contribution >= 4 is 57.4 Å². The van der Waals surface area contributed by atoms with Gasteiger partial charge in [-0.3, -0.25) is 4.79 Å². The summed E-state index contributed by atoms with van der Waals surface area (Å²) >= 11 is 0. The van der Waals surface area contributed by atoms with Crippen LogP contribution in [-0.4, -0.2) is 76.5 Å². The fourth-order valence-corrected chi connectivity index (χ4v) is 0.257. The molecule has 0 aliphatic heterocycles. The molecule has 0 fully saturated rings. The summed E-state index contributed by atoms with van der Waals surface area (Å²) in [7, 11) is 3.31. The van der Waals surface area contributed by atoms with E-state index in [2.05, 4.69) is 4.84 Å². The van der Waals surface area contributed by atoms with Gasteiger partial charge in [-0.05, 0) is 0 Å². The van der Waals surface area contributed by atoms with E-state index in [9.17, 15) is 4.79 Å². The Morgan fingerprint density at radius 3 is 1.88 bits per heavy atom. The molecule has 0 amide bonds. The van der Waals surface area contributed by atoms with E-state index in [4.69, 9.17) is 0 Å². The quantitative estimate of drug-likeness (QED) is 0.370. The third-order valence-electron chi connectivity index (χ3n) is 0.311. The number of hydrogen-bond donors (Lipinski definition) is 0. The first-order chi connectivity index (χ1) is 3.13. The molecular weight excluding hydrogens is 133 g/mol. The number of carbonyl (C=O) groups is 1. The van der Waals surface area contributed by atoms with Crippen LogP contribution in [0.25, 0.3) is 0 Å². The normalized spacial score (nSPS) is 8.00. The summed E-state index contributed by atoms with van der Waals surface area (Å²) in [6, 6.07) is 0. The van der Waals surface area contributed by atoms with Crippen LogP contribution in [0, 0.1) is 0 Å². The van der Waals surface area contributed by atoms with E-state index in [1.165, 1.54) is 12.0 Å². The van der Waals surface area contributed by atoms with Crippen molar-refractivity contribution in [1.82, 2.24) is 5.06 Å². The molecule has 43 valence electrons. The molecule has 0 unspecified atom stereocenters. The van der Waals surface area contributed by atoms with Gasteiger partial charge < -0.3 is 4.84 Å². The number of carbonyl (C=O) groups excluding carboxylic acids is 1. The van der Waals surface area contributed by atoms with Gasteiger partial charge in [0.15, 0.2) is 0 Å². The van der Waals surface area contributed by atoms with Gasteiger partial charge in [-0.1, -0.05) is 0 Å². The zero-order valence-electron chi connectivity index (χ0n) is 5.76. The first kappa shape index (κ1) is 11.8. The third kappa shape index (κ3) is 10.1. The molecule has 0 bridgehead atoms. The summed E-state index contributed by atoms with van der Waals surface area (Å²) < 4.78 is 0. The van der Waals surface area contributed by atoms with E-state index in [1.54, 1.807) is 14.1 Å². The third-order valence-corrected chi connectivity index (χ3v) is 0.311. The molecule has 1 radical (unpaired) electrons. The van der Waals surface area contributed by atoms with Crippen LogP contribution in [0.4, 0.5) is 0 Å². The average Bonchev–Trinajstić information content (AvgIpc) is 1.27. The summed E-state index contributed by atoms with van der Waals surface area (Å²) in [5.41, 5.74) is 0. The van der Waals surface area contributed by atoms with Crippen LogP contribution >= 0.6 is 0 Å². The molecule has 0 aromatic heterocycles. The van der Waals surface area contributed by atoms with Crippen molar-refractivity contribution in [2.75, 3.05) is 14.1 Å². The van der Waals surface area contributed by atoms with Crippen molar-refractivity contribution in [1.29, 1.82) is 0 Å². The molecule has 0 rings (SSSR count). The van der Waals surface area contributed by atoms with Crippen molar-refractivity contribution in [2.24, 2.45) is 0 Å². The van der Waals surface area contributed by atoms with Crippen LogP contribution in [0.1, 0.15) is 6.92 Å². The molecule has 0 aromatic carbocycles. The van der Waals surface area contributed by atoms with Crippen molar-refractivity contribution in [2.45, 2.75) is 6.92 Å². The molecule has 0 aromatic rings. The molecule has 0 aliphatic rings. The largest absolute Gasteiger partial charge is 0.369 e. The maximum absolute atomic E-state index is 9.99. The number of nitrogens with zero attached hydrogens (tertiary/aromatic N) is 1. The first-order valence-corrected chi connectivity index (χ1v) is 1.99. The van der Waals surface area contributed by atoms with Crippen molar-refractivity contribution < 1.29 is 9.63 Å². The standard InChI is InChI=1S/C4H9NO2.K/c1-4(6)7-5(2)3;/h1-3H3;. The van der Waals surface area contributed by atoms with Gasteiger partial charge in [0.05, 0.1) is 0 Å². The van der Waals surface area contributed by atoms with Gasteiger partial charge in [-0.15, -0.1) is 5.06 Å². The zero-order valence-corrected chi connectivity index (χ0v) is 8.89. The number of hydrogen-bond acceptors (Lipinski definition) is 3. The minimum Gasteiger partial charge on any atom is -0.369 e. The summed E-state index contributed by atoms with van der Waals surface area (Å²) in [5.74, 6) is -0.287. The summed E-state index contributed by atoms with van der Waals surface area (Å²) in [6.07, 6.45) is 0. The molecule has 0 saturated heterocycles. The van der Waals surface area contributed by atoms with Gasteiger partial charge in [0.1, 0.15) is 0 Å². The van der Waals surface area contributed by atoms with E-state index < -0.39 is 0 Å². The first-order valence-electron chi connectivity index (χ1n) is 1.99. The SMILES string of the molecule is CC(=O)ON(C)C.[K]. The van der Waals surface area contributed by atoms with Gasteiger partial charge in [0.2, 0.25) is 0 Å². The molecule has 0 N–H and O–H groups in total. The Morgan fingerprint density at radius 1 is 1.50 bits per heavy atom. The predicted molar refractivity (Wildman–Crippen MR) is 31.2 cm³/mol. The molecule has 4 heteroatoms. The number of hydroxylamine groups is 2. The zero-order chi connectivity index (χ0) is 5.86. The second kappa shape index (κ2) is 6.19. The average molecular weight is 142 g/mol. The molecular formula is C4H9KNO2.